The summed E-state index contributed by atoms with van der Waals surface area (Å²) in [6.45, 7) is 6.54. The number of anilines is 1. The van der Waals surface area contributed by atoms with Crippen molar-refractivity contribution in [3.63, 3.8) is 0 Å². The van der Waals surface area contributed by atoms with Gasteiger partial charge in [-0.1, -0.05) is 26.8 Å². The predicted molar refractivity (Wildman–Crippen MR) is 88.5 cm³/mol. The average Bonchev–Trinajstić information content (AvgIpc) is 2.53. The van der Waals surface area contributed by atoms with Gasteiger partial charge in [0.2, 0.25) is 11.8 Å². The van der Waals surface area contributed by atoms with Crippen molar-refractivity contribution in [1.82, 2.24) is 4.90 Å². The first-order valence-corrected chi connectivity index (χ1v) is 8.03. The lowest BCUT2D eigenvalue weighted by molar-refractivity contribution is -0.142. The Kier molecular flexibility index (Phi) is 5.23. The normalized spacial score (nSPS) is 18.0. The van der Waals surface area contributed by atoms with Crippen LogP contribution in [-0.2, 0) is 9.59 Å². The molecule has 5 nitrogen and oxygen atoms in total. The van der Waals surface area contributed by atoms with Crippen LogP contribution in [0, 0.1) is 28.5 Å². The maximum atomic E-state index is 13.6. The van der Waals surface area contributed by atoms with Crippen LogP contribution >= 0.6 is 0 Å². The summed E-state index contributed by atoms with van der Waals surface area (Å²) in [5.41, 5.74) is -0.499. The highest BCUT2D eigenvalue weighted by molar-refractivity contribution is 5.94. The summed E-state index contributed by atoms with van der Waals surface area (Å²) >= 11 is 0. The smallest absolute Gasteiger partial charge is 0.229 e. The number of piperidine rings is 1. The van der Waals surface area contributed by atoms with Gasteiger partial charge in [-0.05, 0) is 25.0 Å². The van der Waals surface area contributed by atoms with Gasteiger partial charge in [0.15, 0.2) is 0 Å². The van der Waals surface area contributed by atoms with Crippen molar-refractivity contribution in [2.24, 2.45) is 11.3 Å². The van der Waals surface area contributed by atoms with Crippen LogP contribution in [-0.4, -0.2) is 29.8 Å². The number of carbonyl (C=O) groups is 2. The molecule has 128 valence electrons. The van der Waals surface area contributed by atoms with E-state index in [4.69, 9.17) is 5.26 Å². The minimum absolute atomic E-state index is 0.0171. The number of nitrogens with one attached hydrogen (secondary N) is 1. The third kappa shape index (κ3) is 3.91. The summed E-state index contributed by atoms with van der Waals surface area (Å²) < 4.78 is 13.6. The molecule has 0 aromatic heterocycles. The lowest BCUT2D eigenvalue weighted by Crippen LogP contribution is -2.47. The summed E-state index contributed by atoms with van der Waals surface area (Å²) in [4.78, 5) is 26.6. The molecule has 0 saturated carbocycles. The first-order valence-electron chi connectivity index (χ1n) is 8.03. The Labute approximate surface area is 141 Å². The standard InChI is InChI=1S/C18H22FN3O2/c1-18(2,3)17(24)22-9-5-6-12(11-22)16(23)21-15-8-4-7-14(19)13(15)10-20/h4,7-8,12H,5-6,9,11H2,1-3H3,(H,21,23)/t12-/m0/s1. The molecule has 1 N–H and O–H groups in total. The van der Waals surface area contributed by atoms with E-state index in [1.807, 2.05) is 20.8 Å². The summed E-state index contributed by atoms with van der Waals surface area (Å²) in [7, 11) is 0. The van der Waals surface area contributed by atoms with Gasteiger partial charge in [-0.25, -0.2) is 4.39 Å². The number of likely N-dealkylation sites (tertiary alicyclic amines) is 1. The maximum absolute atomic E-state index is 13.6. The molecule has 1 atom stereocenters. The van der Waals surface area contributed by atoms with Crippen molar-refractivity contribution < 1.29 is 14.0 Å². The van der Waals surface area contributed by atoms with E-state index >= 15 is 0 Å². The SMILES string of the molecule is CC(C)(C)C(=O)N1CCC[C@H](C(=O)Nc2cccc(F)c2C#N)C1. The van der Waals surface area contributed by atoms with Crippen LogP contribution in [0.25, 0.3) is 0 Å². The lowest BCUT2D eigenvalue weighted by atomic mass is 9.91. The topological polar surface area (TPSA) is 73.2 Å². The van der Waals surface area contributed by atoms with Crippen molar-refractivity contribution >= 4 is 17.5 Å². The highest BCUT2D eigenvalue weighted by Crippen LogP contribution is 2.25. The van der Waals surface area contributed by atoms with Crippen molar-refractivity contribution in [2.45, 2.75) is 33.6 Å². The van der Waals surface area contributed by atoms with E-state index in [-0.39, 0.29) is 29.0 Å². The number of hydrogen-bond acceptors (Lipinski definition) is 3. The van der Waals surface area contributed by atoms with Gasteiger partial charge in [-0.2, -0.15) is 5.26 Å². The van der Waals surface area contributed by atoms with Crippen LogP contribution < -0.4 is 5.32 Å². The van der Waals surface area contributed by atoms with Crippen LogP contribution in [0.15, 0.2) is 18.2 Å². The third-order valence-electron chi connectivity index (χ3n) is 4.10. The largest absolute Gasteiger partial charge is 0.341 e. The summed E-state index contributed by atoms with van der Waals surface area (Å²) in [5.74, 6) is -1.30. The van der Waals surface area contributed by atoms with E-state index in [1.165, 1.54) is 18.2 Å². The molecule has 24 heavy (non-hydrogen) atoms. The summed E-state index contributed by atoms with van der Waals surface area (Å²) in [6.07, 6.45) is 1.41. The van der Waals surface area contributed by atoms with Crippen LogP contribution in [0.2, 0.25) is 0 Å². The molecule has 6 heteroatoms. The first kappa shape index (κ1) is 17.9. The molecule has 2 rings (SSSR count). The fourth-order valence-corrected chi connectivity index (χ4v) is 2.83. The fourth-order valence-electron chi connectivity index (χ4n) is 2.83. The van der Waals surface area contributed by atoms with Crippen LogP contribution in [0.4, 0.5) is 10.1 Å². The molecule has 0 unspecified atom stereocenters. The summed E-state index contributed by atoms with van der Waals surface area (Å²) in [5, 5.41) is 11.7. The molecule has 1 aromatic carbocycles. The molecular formula is C18H22FN3O2. The van der Waals surface area contributed by atoms with Gasteiger partial charge < -0.3 is 10.2 Å². The average molecular weight is 331 g/mol. The van der Waals surface area contributed by atoms with Gasteiger partial charge in [0.1, 0.15) is 17.4 Å². The van der Waals surface area contributed by atoms with Crippen molar-refractivity contribution in [1.29, 1.82) is 5.26 Å². The zero-order chi connectivity index (χ0) is 17.9. The lowest BCUT2D eigenvalue weighted by Gasteiger charge is -2.35. The highest BCUT2D eigenvalue weighted by Gasteiger charge is 2.33. The third-order valence-corrected chi connectivity index (χ3v) is 4.10. The highest BCUT2D eigenvalue weighted by atomic mass is 19.1. The van der Waals surface area contributed by atoms with E-state index in [9.17, 15) is 14.0 Å². The van der Waals surface area contributed by atoms with Gasteiger partial charge in [0.25, 0.3) is 0 Å². The molecule has 0 spiro atoms. The molecular weight excluding hydrogens is 309 g/mol. The van der Waals surface area contributed by atoms with Crippen molar-refractivity contribution in [3.8, 4) is 6.07 Å². The number of carbonyl (C=O) groups excluding carboxylic acids is 2. The van der Waals surface area contributed by atoms with Gasteiger partial charge in [0.05, 0.1) is 11.6 Å². The van der Waals surface area contributed by atoms with Gasteiger partial charge in [-0.3, -0.25) is 9.59 Å². The molecule has 0 aliphatic carbocycles. The predicted octanol–water partition coefficient (Wildman–Crippen LogP) is 2.92. The minimum Gasteiger partial charge on any atom is -0.341 e. The number of nitriles is 1. The second-order valence-corrected chi connectivity index (χ2v) is 7.10. The molecule has 1 aliphatic rings. The number of benzene rings is 1. The Bertz CT molecular complexity index is 688. The van der Waals surface area contributed by atoms with Crippen LogP contribution in [0.5, 0.6) is 0 Å². The van der Waals surface area contributed by atoms with E-state index in [0.29, 0.717) is 19.5 Å². The second kappa shape index (κ2) is 7.00. The van der Waals surface area contributed by atoms with Gasteiger partial charge in [0, 0.05) is 18.5 Å². The molecule has 1 aliphatic heterocycles. The Hall–Kier alpha value is -2.42. The van der Waals surface area contributed by atoms with Crippen molar-refractivity contribution in [2.75, 3.05) is 18.4 Å². The van der Waals surface area contributed by atoms with Crippen molar-refractivity contribution in [3.05, 3.63) is 29.6 Å². The fraction of sp³-hybridized carbons (Fsp3) is 0.500. The Morgan fingerprint density at radius 2 is 2.08 bits per heavy atom. The number of halogens is 1. The molecule has 1 aromatic rings. The Morgan fingerprint density at radius 3 is 2.71 bits per heavy atom. The van der Waals surface area contributed by atoms with E-state index in [2.05, 4.69) is 5.32 Å². The zero-order valence-electron chi connectivity index (χ0n) is 14.2. The zero-order valence-corrected chi connectivity index (χ0v) is 14.2. The maximum Gasteiger partial charge on any atom is 0.229 e. The number of nitrogens with zero attached hydrogens (tertiary/aromatic N) is 2. The second-order valence-electron chi connectivity index (χ2n) is 7.10. The Balaban J connectivity index is 2.10. The molecule has 0 bridgehead atoms. The van der Waals surface area contributed by atoms with Crippen LogP contribution in [0.3, 0.4) is 0 Å². The van der Waals surface area contributed by atoms with Crippen LogP contribution in [0.1, 0.15) is 39.2 Å². The molecule has 1 fully saturated rings. The first-order chi connectivity index (χ1) is 11.2. The summed E-state index contributed by atoms with van der Waals surface area (Å²) in [6, 6.07) is 5.89. The molecule has 1 heterocycles. The number of amides is 2. The Morgan fingerprint density at radius 1 is 1.38 bits per heavy atom. The number of rotatable bonds is 2. The van der Waals surface area contributed by atoms with Gasteiger partial charge >= 0.3 is 0 Å². The van der Waals surface area contributed by atoms with E-state index in [1.54, 1.807) is 11.0 Å². The molecule has 0 radical (unpaired) electrons. The van der Waals surface area contributed by atoms with Gasteiger partial charge in [-0.15, -0.1) is 0 Å². The molecule has 2 amide bonds. The quantitative estimate of drug-likeness (QED) is 0.905. The number of hydrogen-bond donors (Lipinski definition) is 1. The van der Waals surface area contributed by atoms with E-state index in [0.717, 1.165) is 6.42 Å². The monoisotopic (exact) mass is 331 g/mol. The minimum atomic E-state index is -0.663. The van der Waals surface area contributed by atoms with E-state index < -0.39 is 11.2 Å². The molecule has 1 saturated heterocycles.